The number of nitrogens with zero attached hydrogens (tertiary/aromatic N) is 1. The molecule has 0 saturated carbocycles. The normalized spacial score (nSPS) is 22.7. The number of hydrogen-bond acceptors (Lipinski definition) is 4. The molecule has 2 amide bonds. The summed E-state index contributed by atoms with van der Waals surface area (Å²) in [6.45, 7) is 0.131. The number of hydrogen-bond donors (Lipinski definition) is 2. The molecule has 1 atom stereocenters. The van der Waals surface area contributed by atoms with Crippen LogP contribution in [0.25, 0.3) is 0 Å². The molecule has 6 nitrogen and oxygen atoms in total. The number of ether oxygens (including phenoxy) is 1. The van der Waals surface area contributed by atoms with Crippen LogP contribution in [-0.4, -0.2) is 44.0 Å². The van der Waals surface area contributed by atoms with Crippen LogP contribution < -0.4 is 20.3 Å². The minimum atomic E-state index is -2.86. The van der Waals surface area contributed by atoms with Crippen LogP contribution in [0.4, 0.5) is 20.2 Å². The highest BCUT2D eigenvalue weighted by molar-refractivity contribution is 5.98. The van der Waals surface area contributed by atoms with Gasteiger partial charge in [0.25, 0.3) is 5.92 Å². The number of nitrogens with one attached hydrogen (secondary N) is 2. The van der Waals surface area contributed by atoms with Crippen LogP contribution >= 0.6 is 0 Å². The molecule has 2 aliphatic heterocycles. The molecular formula is C16H19F2N3O3. The molecule has 3 rings (SSSR count). The molecule has 0 aromatic heterocycles. The largest absolute Gasteiger partial charge is 0.494 e. The van der Waals surface area contributed by atoms with Crippen molar-refractivity contribution in [1.29, 1.82) is 0 Å². The average molecular weight is 339 g/mol. The zero-order valence-electron chi connectivity index (χ0n) is 13.3. The van der Waals surface area contributed by atoms with E-state index in [0.717, 1.165) is 6.42 Å². The first-order valence-corrected chi connectivity index (χ1v) is 7.80. The molecule has 8 heteroatoms. The van der Waals surface area contributed by atoms with Crippen LogP contribution in [0.1, 0.15) is 19.3 Å². The maximum absolute atomic E-state index is 13.2. The van der Waals surface area contributed by atoms with Crippen LogP contribution in [0.5, 0.6) is 5.75 Å². The predicted molar refractivity (Wildman–Crippen MR) is 84.6 cm³/mol. The average Bonchev–Trinajstić information content (AvgIpc) is 3.12. The molecule has 2 heterocycles. The van der Waals surface area contributed by atoms with E-state index in [1.54, 1.807) is 23.1 Å². The zero-order valence-corrected chi connectivity index (χ0v) is 13.3. The Morgan fingerprint density at radius 1 is 1.46 bits per heavy atom. The first-order valence-electron chi connectivity index (χ1n) is 7.80. The maximum Gasteiger partial charge on any atom is 0.262 e. The molecule has 0 bridgehead atoms. The van der Waals surface area contributed by atoms with Crippen LogP contribution in [0, 0.1) is 0 Å². The second kappa shape index (κ2) is 6.35. The standard InChI is InChI=1S/C16H19F2N3O3/c1-24-13-7-10(4-5-12(13)21-6-2-3-14(21)22)20-15(23)11-8-16(17,18)9-19-11/h4-5,7,11,19H,2-3,6,8-9H2,1H3,(H,20,23). The lowest BCUT2D eigenvalue weighted by atomic mass is 10.1. The van der Waals surface area contributed by atoms with Crippen molar-refractivity contribution in [3.63, 3.8) is 0 Å². The number of anilines is 2. The Morgan fingerprint density at radius 3 is 2.83 bits per heavy atom. The van der Waals surface area contributed by atoms with E-state index >= 15 is 0 Å². The number of alkyl halides is 2. The summed E-state index contributed by atoms with van der Waals surface area (Å²) in [5.41, 5.74) is 1.08. The van der Waals surface area contributed by atoms with Gasteiger partial charge in [-0.15, -0.1) is 0 Å². The van der Waals surface area contributed by atoms with E-state index in [2.05, 4.69) is 10.6 Å². The van der Waals surface area contributed by atoms with Gasteiger partial charge in [0.05, 0.1) is 25.4 Å². The van der Waals surface area contributed by atoms with Crippen molar-refractivity contribution in [2.24, 2.45) is 0 Å². The molecule has 1 aromatic rings. The maximum atomic E-state index is 13.2. The van der Waals surface area contributed by atoms with Crippen molar-refractivity contribution in [1.82, 2.24) is 5.32 Å². The number of carbonyl (C=O) groups is 2. The quantitative estimate of drug-likeness (QED) is 0.877. The molecule has 1 unspecified atom stereocenters. The van der Waals surface area contributed by atoms with Gasteiger partial charge in [0.15, 0.2) is 0 Å². The van der Waals surface area contributed by atoms with Gasteiger partial charge in [0.1, 0.15) is 5.75 Å². The highest BCUT2D eigenvalue weighted by atomic mass is 19.3. The minimum Gasteiger partial charge on any atom is -0.494 e. The first kappa shape index (κ1) is 16.6. The molecule has 0 aliphatic carbocycles. The molecule has 0 radical (unpaired) electrons. The molecule has 2 fully saturated rings. The molecule has 130 valence electrons. The van der Waals surface area contributed by atoms with Gasteiger partial charge in [-0.2, -0.15) is 0 Å². The molecule has 1 aromatic carbocycles. The second-order valence-electron chi connectivity index (χ2n) is 6.02. The molecular weight excluding hydrogens is 320 g/mol. The van der Waals surface area contributed by atoms with Gasteiger partial charge in [-0.25, -0.2) is 8.78 Å². The van der Waals surface area contributed by atoms with Gasteiger partial charge in [-0.05, 0) is 18.6 Å². The number of methoxy groups -OCH3 is 1. The van der Waals surface area contributed by atoms with Crippen LogP contribution in [-0.2, 0) is 9.59 Å². The van der Waals surface area contributed by atoms with Crippen molar-refractivity contribution in [2.45, 2.75) is 31.2 Å². The Morgan fingerprint density at radius 2 is 2.25 bits per heavy atom. The van der Waals surface area contributed by atoms with Crippen molar-refractivity contribution in [3.05, 3.63) is 18.2 Å². The molecule has 24 heavy (non-hydrogen) atoms. The molecule has 2 N–H and O–H groups in total. The smallest absolute Gasteiger partial charge is 0.262 e. The van der Waals surface area contributed by atoms with Crippen molar-refractivity contribution in [3.8, 4) is 5.75 Å². The molecule has 2 aliphatic rings. The van der Waals surface area contributed by atoms with Gasteiger partial charge < -0.3 is 15.0 Å². The van der Waals surface area contributed by atoms with Crippen molar-refractivity contribution < 1.29 is 23.1 Å². The summed E-state index contributed by atoms with van der Waals surface area (Å²) >= 11 is 0. The zero-order chi connectivity index (χ0) is 17.3. The Hall–Kier alpha value is -2.22. The summed E-state index contributed by atoms with van der Waals surface area (Å²) in [6, 6.07) is 3.99. The van der Waals surface area contributed by atoms with Gasteiger partial charge in [0.2, 0.25) is 11.8 Å². The predicted octanol–water partition coefficient (Wildman–Crippen LogP) is 1.76. The highest BCUT2D eigenvalue weighted by Crippen LogP contribution is 2.34. The first-order chi connectivity index (χ1) is 11.4. The van der Waals surface area contributed by atoms with Gasteiger partial charge in [-0.1, -0.05) is 0 Å². The van der Waals surface area contributed by atoms with E-state index in [9.17, 15) is 18.4 Å². The monoisotopic (exact) mass is 339 g/mol. The Kier molecular flexibility index (Phi) is 4.40. The fraction of sp³-hybridized carbons (Fsp3) is 0.500. The molecule has 0 spiro atoms. The third-order valence-electron chi connectivity index (χ3n) is 4.24. The lowest BCUT2D eigenvalue weighted by molar-refractivity contribution is -0.118. The number of carbonyl (C=O) groups excluding carboxylic acids is 2. The lowest BCUT2D eigenvalue weighted by Gasteiger charge is -2.20. The van der Waals surface area contributed by atoms with Crippen molar-refractivity contribution >= 4 is 23.2 Å². The van der Waals surface area contributed by atoms with E-state index in [4.69, 9.17) is 4.74 Å². The van der Waals surface area contributed by atoms with Crippen LogP contribution in [0.15, 0.2) is 18.2 Å². The van der Waals surface area contributed by atoms with Gasteiger partial charge >= 0.3 is 0 Å². The number of rotatable bonds is 4. The second-order valence-corrected chi connectivity index (χ2v) is 6.02. The van der Waals surface area contributed by atoms with E-state index in [-0.39, 0.29) is 5.91 Å². The van der Waals surface area contributed by atoms with Crippen molar-refractivity contribution in [2.75, 3.05) is 30.4 Å². The number of benzene rings is 1. The third kappa shape index (κ3) is 3.33. The van der Waals surface area contributed by atoms with E-state index in [0.29, 0.717) is 30.1 Å². The summed E-state index contributed by atoms with van der Waals surface area (Å²) in [5.74, 6) is -2.89. The molecule has 2 saturated heterocycles. The number of halogens is 2. The summed E-state index contributed by atoms with van der Waals surface area (Å²) in [4.78, 5) is 25.6. The SMILES string of the molecule is COc1cc(NC(=O)C2CC(F)(F)CN2)ccc1N1CCCC1=O. The summed E-state index contributed by atoms with van der Waals surface area (Å²) in [7, 11) is 1.48. The van der Waals surface area contributed by atoms with Crippen LogP contribution in [0.3, 0.4) is 0 Å². The third-order valence-corrected chi connectivity index (χ3v) is 4.24. The topological polar surface area (TPSA) is 70.7 Å². The number of amides is 2. The summed E-state index contributed by atoms with van der Waals surface area (Å²) < 4.78 is 31.7. The van der Waals surface area contributed by atoms with E-state index in [1.807, 2.05) is 0 Å². The summed E-state index contributed by atoms with van der Waals surface area (Å²) in [5, 5.41) is 5.12. The van der Waals surface area contributed by atoms with E-state index in [1.165, 1.54) is 7.11 Å². The van der Waals surface area contributed by atoms with E-state index < -0.39 is 30.8 Å². The fourth-order valence-electron chi connectivity index (χ4n) is 3.01. The minimum absolute atomic E-state index is 0.0301. The Bertz CT molecular complexity index is 666. The summed E-state index contributed by atoms with van der Waals surface area (Å²) in [6.07, 6.45) is 0.779. The Labute approximate surface area is 138 Å². The fourth-order valence-corrected chi connectivity index (χ4v) is 3.01. The van der Waals surface area contributed by atoms with Gasteiger partial charge in [0, 0.05) is 31.1 Å². The lowest BCUT2D eigenvalue weighted by Crippen LogP contribution is -2.35. The highest BCUT2D eigenvalue weighted by Gasteiger charge is 2.42. The Balaban J connectivity index is 1.73. The van der Waals surface area contributed by atoms with Gasteiger partial charge in [-0.3, -0.25) is 14.9 Å². The van der Waals surface area contributed by atoms with Crippen LogP contribution in [0.2, 0.25) is 0 Å².